The molecular formula is C22H24N4O3S2. The van der Waals surface area contributed by atoms with E-state index < -0.39 is 11.9 Å². The smallest absolute Gasteiger partial charge is 0.339 e. The van der Waals surface area contributed by atoms with E-state index in [1.165, 1.54) is 17.8 Å². The lowest BCUT2D eigenvalue weighted by Crippen LogP contribution is -2.22. The first kappa shape index (κ1) is 21.7. The number of amides is 1. The Morgan fingerprint density at radius 2 is 1.94 bits per heavy atom. The summed E-state index contributed by atoms with van der Waals surface area (Å²) in [6.07, 6.45) is 6.06. The first-order chi connectivity index (χ1) is 15.2. The topological polar surface area (TPSA) is 94.1 Å². The number of ether oxygens (including phenoxy) is 1. The monoisotopic (exact) mass is 456 g/mol. The summed E-state index contributed by atoms with van der Waals surface area (Å²) < 4.78 is 6.22. The summed E-state index contributed by atoms with van der Waals surface area (Å²) in [5.41, 5.74) is 3.28. The number of nitrogens with zero attached hydrogens (tertiary/aromatic N) is 3. The maximum atomic E-state index is 13.1. The zero-order valence-electron chi connectivity index (χ0n) is 17.3. The number of aryl methyl sites for hydroxylation is 1. The maximum absolute atomic E-state index is 13.1. The van der Waals surface area contributed by atoms with Crippen molar-refractivity contribution in [1.29, 1.82) is 0 Å². The predicted molar refractivity (Wildman–Crippen MR) is 123 cm³/mol. The van der Waals surface area contributed by atoms with Crippen molar-refractivity contribution in [3.8, 4) is 0 Å². The lowest BCUT2D eigenvalue weighted by atomic mass is 9.91. The van der Waals surface area contributed by atoms with Crippen molar-refractivity contribution >= 4 is 51.0 Å². The molecule has 2 aromatic heterocycles. The highest BCUT2D eigenvalue weighted by Crippen LogP contribution is 2.29. The van der Waals surface area contributed by atoms with Crippen LogP contribution in [-0.2, 0) is 22.4 Å². The van der Waals surface area contributed by atoms with Gasteiger partial charge in [-0.2, -0.15) is 0 Å². The lowest BCUT2D eigenvalue weighted by Gasteiger charge is -2.18. The summed E-state index contributed by atoms with van der Waals surface area (Å²) in [6.45, 7) is 1.65. The Hall–Kier alpha value is -2.52. The van der Waals surface area contributed by atoms with Gasteiger partial charge in [0.25, 0.3) is 5.91 Å². The number of carbonyl (C=O) groups is 2. The molecule has 0 radical (unpaired) electrons. The highest BCUT2D eigenvalue weighted by atomic mass is 32.2. The van der Waals surface area contributed by atoms with E-state index >= 15 is 0 Å². The third kappa shape index (κ3) is 5.22. The summed E-state index contributed by atoms with van der Waals surface area (Å²) in [6, 6.07) is 7.62. The summed E-state index contributed by atoms with van der Waals surface area (Å²) in [4.78, 5) is 30.2. The molecule has 1 aliphatic rings. The summed E-state index contributed by atoms with van der Waals surface area (Å²) in [5.74, 6) is -0.0337. The van der Waals surface area contributed by atoms with E-state index in [1.54, 1.807) is 11.8 Å². The fraction of sp³-hybridized carbons (Fsp3) is 0.409. The van der Waals surface area contributed by atoms with Crippen LogP contribution in [-0.4, -0.2) is 39.4 Å². The van der Waals surface area contributed by atoms with E-state index in [4.69, 9.17) is 9.72 Å². The number of benzene rings is 1. The third-order valence-electron chi connectivity index (χ3n) is 5.13. The standard InChI is InChI=1S/C22H24N4O3S2/c1-2-30-22-26-25-21(31-22)24-18(27)13-29-20(28)19-14-9-5-3-4-6-11-16(14)23-17-12-8-7-10-15(17)19/h7-8,10,12H,2-6,9,11,13H2,1H3,(H,24,25,27). The van der Waals surface area contributed by atoms with E-state index in [0.29, 0.717) is 10.7 Å². The van der Waals surface area contributed by atoms with Gasteiger partial charge in [-0.05, 0) is 43.1 Å². The molecule has 0 saturated carbocycles. The second-order valence-electron chi connectivity index (χ2n) is 7.27. The Balaban J connectivity index is 1.52. The van der Waals surface area contributed by atoms with E-state index in [2.05, 4.69) is 15.5 Å². The minimum atomic E-state index is -0.481. The van der Waals surface area contributed by atoms with Gasteiger partial charge in [0.2, 0.25) is 5.13 Å². The van der Waals surface area contributed by atoms with Gasteiger partial charge < -0.3 is 4.74 Å². The SMILES string of the molecule is CCSc1nnc(NC(=O)COC(=O)c2c3c(nc4ccccc24)CCCCCC3)s1. The number of hydrogen-bond donors (Lipinski definition) is 1. The van der Waals surface area contributed by atoms with Crippen LogP contribution in [0.25, 0.3) is 10.9 Å². The Kier molecular flexibility index (Phi) is 7.14. The van der Waals surface area contributed by atoms with Gasteiger partial charge in [-0.1, -0.05) is 61.1 Å². The van der Waals surface area contributed by atoms with Crippen molar-refractivity contribution in [2.75, 3.05) is 17.7 Å². The molecule has 3 aromatic rings. The number of hydrogen-bond acceptors (Lipinski definition) is 8. The zero-order valence-corrected chi connectivity index (χ0v) is 19.0. The fourth-order valence-electron chi connectivity index (χ4n) is 3.76. The molecule has 0 atom stereocenters. The van der Waals surface area contributed by atoms with Crippen molar-refractivity contribution in [3.05, 3.63) is 41.1 Å². The Bertz CT molecular complexity index is 1100. The maximum Gasteiger partial charge on any atom is 0.339 e. The minimum absolute atomic E-state index is 0.375. The Morgan fingerprint density at radius 1 is 1.13 bits per heavy atom. The molecule has 0 fully saturated rings. The highest BCUT2D eigenvalue weighted by Gasteiger charge is 2.23. The molecule has 2 heterocycles. The molecule has 31 heavy (non-hydrogen) atoms. The molecule has 0 aliphatic heterocycles. The van der Waals surface area contributed by atoms with Crippen LogP contribution in [0, 0.1) is 0 Å². The van der Waals surface area contributed by atoms with E-state index in [9.17, 15) is 9.59 Å². The predicted octanol–water partition coefficient (Wildman–Crippen LogP) is 4.65. The Morgan fingerprint density at radius 3 is 2.77 bits per heavy atom. The number of fused-ring (bicyclic) bond motifs is 2. The van der Waals surface area contributed by atoms with Gasteiger partial charge in [-0.25, -0.2) is 4.79 Å². The van der Waals surface area contributed by atoms with Crippen LogP contribution < -0.4 is 5.32 Å². The molecule has 1 N–H and O–H groups in total. The van der Waals surface area contributed by atoms with Crippen LogP contribution in [0.3, 0.4) is 0 Å². The van der Waals surface area contributed by atoms with Crippen molar-refractivity contribution in [1.82, 2.24) is 15.2 Å². The quantitative estimate of drug-likeness (QED) is 0.328. The largest absolute Gasteiger partial charge is 0.452 e. The molecule has 0 saturated heterocycles. The molecule has 0 bridgehead atoms. The molecular weight excluding hydrogens is 432 g/mol. The second-order valence-corrected chi connectivity index (χ2v) is 9.76. The number of pyridine rings is 1. The van der Waals surface area contributed by atoms with Crippen LogP contribution in [0.4, 0.5) is 5.13 Å². The third-order valence-corrected chi connectivity index (χ3v) is 6.98. The number of nitrogens with one attached hydrogen (secondary N) is 1. The van der Waals surface area contributed by atoms with Crippen molar-refractivity contribution in [3.63, 3.8) is 0 Å². The van der Waals surface area contributed by atoms with E-state index in [-0.39, 0.29) is 6.61 Å². The highest BCUT2D eigenvalue weighted by molar-refractivity contribution is 8.01. The van der Waals surface area contributed by atoms with E-state index in [0.717, 1.165) is 64.4 Å². The fourth-order valence-corrected chi connectivity index (χ4v) is 5.43. The summed E-state index contributed by atoms with van der Waals surface area (Å²) in [5, 5.41) is 11.8. The van der Waals surface area contributed by atoms with Crippen LogP contribution in [0.15, 0.2) is 28.6 Å². The molecule has 162 valence electrons. The number of esters is 1. The van der Waals surface area contributed by atoms with Gasteiger partial charge >= 0.3 is 5.97 Å². The number of aromatic nitrogens is 3. The zero-order chi connectivity index (χ0) is 21.6. The number of para-hydroxylation sites is 1. The number of thioether (sulfide) groups is 1. The van der Waals surface area contributed by atoms with Crippen molar-refractivity contribution < 1.29 is 14.3 Å². The summed E-state index contributed by atoms with van der Waals surface area (Å²) in [7, 11) is 0. The molecule has 1 aromatic carbocycles. The van der Waals surface area contributed by atoms with Crippen LogP contribution in [0.2, 0.25) is 0 Å². The molecule has 4 rings (SSSR count). The minimum Gasteiger partial charge on any atom is -0.452 e. The molecule has 1 aliphatic carbocycles. The van der Waals surface area contributed by atoms with Crippen molar-refractivity contribution in [2.24, 2.45) is 0 Å². The number of anilines is 1. The average molecular weight is 457 g/mol. The molecule has 7 nitrogen and oxygen atoms in total. The summed E-state index contributed by atoms with van der Waals surface area (Å²) >= 11 is 2.86. The normalized spacial score (nSPS) is 13.8. The second kappa shape index (κ2) is 10.2. The Labute approximate surface area is 189 Å². The van der Waals surface area contributed by atoms with Crippen LogP contribution >= 0.6 is 23.1 Å². The molecule has 9 heteroatoms. The van der Waals surface area contributed by atoms with Crippen LogP contribution in [0.1, 0.15) is 54.2 Å². The number of rotatable bonds is 6. The number of carbonyl (C=O) groups excluding carboxylic acids is 2. The first-order valence-corrected chi connectivity index (χ1v) is 12.3. The lowest BCUT2D eigenvalue weighted by molar-refractivity contribution is -0.119. The molecule has 0 spiro atoms. The van der Waals surface area contributed by atoms with E-state index in [1.807, 2.05) is 31.2 Å². The van der Waals surface area contributed by atoms with Gasteiger partial charge in [-0.15, -0.1) is 10.2 Å². The van der Waals surface area contributed by atoms with Gasteiger partial charge in [0.15, 0.2) is 10.9 Å². The van der Waals surface area contributed by atoms with Crippen LogP contribution in [0.5, 0.6) is 0 Å². The van der Waals surface area contributed by atoms with Gasteiger partial charge in [0.1, 0.15) is 0 Å². The van der Waals surface area contributed by atoms with Gasteiger partial charge in [-0.3, -0.25) is 15.1 Å². The average Bonchev–Trinajstić information content (AvgIpc) is 3.18. The molecule has 0 unspecified atom stereocenters. The van der Waals surface area contributed by atoms with Gasteiger partial charge in [0, 0.05) is 11.1 Å². The van der Waals surface area contributed by atoms with Crippen molar-refractivity contribution in [2.45, 2.75) is 49.8 Å². The molecule has 1 amide bonds. The first-order valence-electron chi connectivity index (χ1n) is 10.5. The van der Waals surface area contributed by atoms with Gasteiger partial charge in [0.05, 0.1) is 11.1 Å².